The zero-order chi connectivity index (χ0) is 26.5. The molecule has 0 aliphatic heterocycles. The standard InChI is InChI=1S/C26H21F3N4O4S/c1-34-22-14-20-18(24(31-15-30-20)32-16-7-9-17(10-8-16)37-26(27,28)29)13-23(22)35-11-4-12-38-25-33-19-5-2-3-6-21(19)36-25/h2-3,5-10,13-15H,4,11-12H2,1H3,(H,30,31,32). The van der Waals surface area contributed by atoms with E-state index in [0.29, 0.717) is 45.7 Å². The lowest BCUT2D eigenvalue weighted by Gasteiger charge is -2.14. The van der Waals surface area contributed by atoms with E-state index in [9.17, 15) is 13.2 Å². The molecule has 38 heavy (non-hydrogen) atoms. The van der Waals surface area contributed by atoms with Crippen LogP contribution in [0, 0.1) is 0 Å². The molecule has 0 saturated heterocycles. The number of rotatable bonds is 10. The Hall–Kier alpha value is -4.19. The summed E-state index contributed by atoms with van der Waals surface area (Å²) in [6.45, 7) is 0.423. The Morgan fingerprint density at radius 1 is 0.974 bits per heavy atom. The SMILES string of the molecule is COc1cc2ncnc(Nc3ccc(OC(F)(F)F)cc3)c2cc1OCCCSc1nc2ccccc2o1. The maximum Gasteiger partial charge on any atom is 0.573 e. The number of halogens is 3. The molecule has 196 valence electrons. The summed E-state index contributed by atoms with van der Waals surface area (Å²) in [6.07, 6.45) is -2.64. The number of thioether (sulfide) groups is 1. The van der Waals surface area contributed by atoms with E-state index >= 15 is 0 Å². The van der Waals surface area contributed by atoms with Crippen LogP contribution in [0.25, 0.3) is 22.0 Å². The summed E-state index contributed by atoms with van der Waals surface area (Å²) in [5.41, 5.74) is 2.71. The molecule has 5 rings (SSSR count). The molecule has 0 radical (unpaired) electrons. The highest BCUT2D eigenvalue weighted by atomic mass is 32.2. The normalized spacial score (nSPS) is 11.6. The Labute approximate surface area is 219 Å². The van der Waals surface area contributed by atoms with Gasteiger partial charge in [-0.05, 0) is 48.9 Å². The molecule has 2 aromatic heterocycles. The highest BCUT2D eigenvalue weighted by molar-refractivity contribution is 7.99. The fourth-order valence-corrected chi connectivity index (χ4v) is 4.37. The van der Waals surface area contributed by atoms with Gasteiger partial charge in [-0.3, -0.25) is 0 Å². The first-order valence-corrected chi connectivity index (χ1v) is 12.4. The Kier molecular flexibility index (Phi) is 7.40. The van der Waals surface area contributed by atoms with Gasteiger partial charge in [0.15, 0.2) is 17.1 Å². The van der Waals surface area contributed by atoms with Gasteiger partial charge in [0.1, 0.15) is 23.4 Å². The first-order valence-electron chi connectivity index (χ1n) is 11.4. The van der Waals surface area contributed by atoms with E-state index in [4.69, 9.17) is 13.9 Å². The van der Waals surface area contributed by atoms with Crippen LogP contribution in [0.2, 0.25) is 0 Å². The van der Waals surface area contributed by atoms with Crippen LogP contribution in [0.15, 0.2) is 76.6 Å². The number of nitrogens with one attached hydrogen (secondary N) is 1. The third-order valence-electron chi connectivity index (χ3n) is 5.32. The van der Waals surface area contributed by atoms with Crippen molar-refractivity contribution >= 4 is 45.3 Å². The highest BCUT2D eigenvalue weighted by Crippen LogP contribution is 2.35. The molecule has 0 aliphatic carbocycles. The van der Waals surface area contributed by atoms with Crippen LogP contribution >= 0.6 is 11.8 Å². The average Bonchev–Trinajstić information content (AvgIpc) is 3.31. The summed E-state index contributed by atoms with van der Waals surface area (Å²) in [5.74, 6) is 1.91. The topological polar surface area (TPSA) is 91.5 Å². The number of alkyl halides is 3. The molecule has 0 unspecified atom stereocenters. The van der Waals surface area contributed by atoms with Gasteiger partial charge in [-0.2, -0.15) is 0 Å². The van der Waals surface area contributed by atoms with Gasteiger partial charge in [0.25, 0.3) is 5.22 Å². The van der Waals surface area contributed by atoms with Crippen LogP contribution in [0.5, 0.6) is 17.2 Å². The fraction of sp³-hybridized carbons (Fsp3) is 0.192. The third kappa shape index (κ3) is 6.20. The lowest BCUT2D eigenvalue weighted by Crippen LogP contribution is -2.16. The van der Waals surface area contributed by atoms with Gasteiger partial charge in [-0.1, -0.05) is 23.9 Å². The average molecular weight is 543 g/mol. The maximum atomic E-state index is 12.4. The molecule has 2 heterocycles. The minimum Gasteiger partial charge on any atom is -0.493 e. The molecule has 12 heteroatoms. The monoisotopic (exact) mass is 542 g/mol. The second kappa shape index (κ2) is 11.1. The third-order valence-corrected chi connectivity index (χ3v) is 6.23. The van der Waals surface area contributed by atoms with Crippen molar-refractivity contribution < 1.29 is 31.8 Å². The van der Waals surface area contributed by atoms with Gasteiger partial charge in [0.05, 0.1) is 19.2 Å². The molecular formula is C26H21F3N4O4S. The Morgan fingerprint density at radius 2 is 1.79 bits per heavy atom. The summed E-state index contributed by atoms with van der Waals surface area (Å²) in [6, 6.07) is 16.5. The van der Waals surface area contributed by atoms with Gasteiger partial charge >= 0.3 is 6.36 Å². The van der Waals surface area contributed by atoms with Crippen molar-refractivity contribution in [3.05, 3.63) is 67.0 Å². The number of hydrogen-bond acceptors (Lipinski definition) is 9. The lowest BCUT2D eigenvalue weighted by atomic mass is 10.2. The molecule has 0 amide bonds. The predicted octanol–water partition coefficient (Wildman–Crippen LogP) is 6.98. The number of methoxy groups -OCH3 is 1. The zero-order valence-electron chi connectivity index (χ0n) is 20.0. The molecule has 0 atom stereocenters. The first-order chi connectivity index (χ1) is 18.4. The second-order valence-corrected chi connectivity index (χ2v) is 8.98. The molecule has 0 aliphatic rings. The highest BCUT2D eigenvalue weighted by Gasteiger charge is 2.31. The van der Waals surface area contributed by atoms with Gasteiger partial charge < -0.3 is 23.9 Å². The molecule has 5 aromatic rings. The second-order valence-electron chi connectivity index (χ2n) is 7.94. The number of anilines is 2. The summed E-state index contributed by atoms with van der Waals surface area (Å²) in [7, 11) is 1.54. The Morgan fingerprint density at radius 3 is 2.55 bits per heavy atom. The van der Waals surface area contributed by atoms with Crippen LogP contribution < -0.4 is 19.5 Å². The molecule has 8 nitrogen and oxygen atoms in total. The van der Waals surface area contributed by atoms with E-state index in [1.807, 2.05) is 24.3 Å². The van der Waals surface area contributed by atoms with Gasteiger partial charge in [0, 0.05) is 22.9 Å². The van der Waals surface area contributed by atoms with Gasteiger partial charge in [0.2, 0.25) is 0 Å². The van der Waals surface area contributed by atoms with Gasteiger partial charge in [-0.25, -0.2) is 15.0 Å². The quantitative estimate of drug-likeness (QED) is 0.148. The van der Waals surface area contributed by atoms with Crippen LogP contribution in [-0.2, 0) is 0 Å². The van der Waals surface area contributed by atoms with Crippen LogP contribution in [0.3, 0.4) is 0 Å². The minimum atomic E-state index is -4.75. The molecule has 3 aromatic carbocycles. The van der Waals surface area contributed by atoms with E-state index in [0.717, 1.165) is 23.3 Å². The summed E-state index contributed by atoms with van der Waals surface area (Å²) in [5, 5.41) is 4.37. The van der Waals surface area contributed by atoms with Crippen molar-refractivity contribution in [1.82, 2.24) is 15.0 Å². The molecule has 0 spiro atoms. The Bertz CT molecular complexity index is 1510. The lowest BCUT2D eigenvalue weighted by molar-refractivity contribution is -0.274. The van der Waals surface area contributed by atoms with E-state index in [-0.39, 0.29) is 5.75 Å². The van der Waals surface area contributed by atoms with Crippen molar-refractivity contribution in [1.29, 1.82) is 0 Å². The fourth-order valence-electron chi connectivity index (χ4n) is 3.63. The van der Waals surface area contributed by atoms with Crippen LogP contribution in [-0.4, -0.2) is 40.8 Å². The van der Waals surface area contributed by atoms with E-state index in [2.05, 4.69) is 25.0 Å². The number of ether oxygens (including phenoxy) is 3. The number of benzene rings is 3. The van der Waals surface area contributed by atoms with E-state index < -0.39 is 6.36 Å². The number of fused-ring (bicyclic) bond motifs is 2. The van der Waals surface area contributed by atoms with Crippen molar-refractivity contribution in [2.24, 2.45) is 0 Å². The molecule has 0 saturated carbocycles. The minimum absolute atomic E-state index is 0.315. The van der Waals surface area contributed by atoms with Crippen LogP contribution in [0.1, 0.15) is 6.42 Å². The van der Waals surface area contributed by atoms with Crippen molar-refractivity contribution in [2.45, 2.75) is 18.0 Å². The predicted molar refractivity (Wildman–Crippen MR) is 137 cm³/mol. The number of oxazole rings is 1. The summed E-state index contributed by atoms with van der Waals surface area (Å²) >= 11 is 1.51. The van der Waals surface area contributed by atoms with E-state index in [1.165, 1.54) is 42.4 Å². The molecule has 0 bridgehead atoms. The zero-order valence-corrected chi connectivity index (χ0v) is 20.8. The smallest absolute Gasteiger partial charge is 0.493 e. The number of nitrogens with zero attached hydrogens (tertiary/aromatic N) is 3. The molecule has 0 fully saturated rings. The molecule has 1 N–H and O–H groups in total. The number of para-hydroxylation sites is 2. The van der Waals surface area contributed by atoms with Gasteiger partial charge in [-0.15, -0.1) is 13.2 Å². The van der Waals surface area contributed by atoms with Crippen molar-refractivity contribution in [3.63, 3.8) is 0 Å². The first kappa shape index (κ1) is 25.5. The Balaban J connectivity index is 1.25. The number of hydrogen-bond donors (Lipinski definition) is 1. The summed E-state index contributed by atoms with van der Waals surface area (Å²) in [4.78, 5) is 13.0. The van der Waals surface area contributed by atoms with Crippen molar-refractivity contribution in [3.8, 4) is 17.2 Å². The maximum absolute atomic E-state index is 12.4. The molecular weight excluding hydrogens is 521 g/mol. The van der Waals surface area contributed by atoms with Crippen LogP contribution in [0.4, 0.5) is 24.7 Å². The van der Waals surface area contributed by atoms with E-state index in [1.54, 1.807) is 19.2 Å². The summed E-state index contributed by atoms with van der Waals surface area (Å²) < 4.78 is 58.4. The largest absolute Gasteiger partial charge is 0.573 e. The van der Waals surface area contributed by atoms with Crippen molar-refractivity contribution in [2.75, 3.05) is 24.8 Å². The number of aromatic nitrogens is 3.